The third-order valence-electron chi connectivity index (χ3n) is 4.40. The highest BCUT2D eigenvalue weighted by atomic mass is 28.3. The molecule has 1 radical (unpaired) electrons. The van der Waals surface area contributed by atoms with E-state index in [9.17, 15) is 0 Å². The van der Waals surface area contributed by atoms with Crippen molar-refractivity contribution in [2.45, 2.75) is 26.9 Å². The summed E-state index contributed by atoms with van der Waals surface area (Å²) in [5.41, 5.74) is 6.23. The van der Waals surface area contributed by atoms with Gasteiger partial charge in [-0.15, -0.1) is 0 Å². The summed E-state index contributed by atoms with van der Waals surface area (Å²) in [6.07, 6.45) is 1.72. The van der Waals surface area contributed by atoms with Crippen molar-refractivity contribution < 1.29 is 8.68 Å². The molecule has 0 atom stereocenters. The van der Waals surface area contributed by atoms with Gasteiger partial charge in [0.1, 0.15) is 7.05 Å². The molecule has 0 aliphatic heterocycles. The first-order valence-corrected chi connectivity index (χ1v) is 10.7. The topological polar surface area (TPSA) is 3.88 Å². The summed E-state index contributed by atoms with van der Waals surface area (Å²) in [4.78, 5) is 0. The predicted octanol–water partition coefficient (Wildman–Crippen LogP) is 4.42. The molecule has 24 heavy (non-hydrogen) atoms. The summed E-state index contributed by atoms with van der Waals surface area (Å²) in [5, 5.41) is 1.43. The summed E-state index contributed by atoms with van der Waals surface area (Å²) < 4.78 is 24.8. The summed E-state index contributed by atoms with van der Waals surface area (Å²) in [6, 6.07) is 18.7. The third-order valence-corrected chi connectivity index (χ3v) is 5.89. The molecule has 1 nitrogen and oxygen atoms in total. The third kappa shape index (κ3) is 3.20. The number of pyridine rings is 1. The molecule has 0 saturated carbocycles. The molecule has 0 saturated heterocycles. The Balaban J connectivity index is 2.20. The van der Waals surface area contributed by atoms with Crippen LogP contribution in [0.25, 0.3) is 22.4 Å². The van der Waals surface area contributed by atoms with Gasteiger partial charge < -0.3 is 0 Å². The first-order valence-electron chi connectivity index (χ1n) is 9.69. The summed E-state index contributed by atoms with van der Waals surface area (Å²) in [6.45, 7) is 4.68. The quantitative estimate of drug-likeness (QED) is 0.493. The van der Waals surface area contributed by atoms with Crippen LogP contribution in [0.4, 0.5) is 0 Å². The van der Waals surface area contributed by atoms with E-state index in [1.54, 1.807) is 12.3 Å². The van der Waals surface area contributed by atoms with E-state index in [-0.39, 0.29) is 0 Å². The fourth-order valence-corrected chi connectivity index (χ4v) is 4.40. The van der Waals surface area contributed by atoms with E-state index in [1.807, 2.05) is 23.7 Å². The lowest BCUT2D eigenvalue weighted by molar-refractivity contribution is -0.660. The van der Waals surface area contributed by atoms with E-state index >= 15 is 0 Å². The zero-order chi connectivity index (χ0) is 19.8. The standard InChI is InChI=1S/C22H25NSi/c1-16-11-12-21(23(3)15-16)19-14-20(18-9-7-6-8-10-18)22(24(4)5)13-17(19)2/h6-15H,1-5H3/q+1/i1D3. The van der Waals surface area contributed by atoms with Gasteiger partial charge in [0, 0.05) is 21.3 Å². The van der Waals surface area contributed by atoms with Gasteiger partial charge >= 0.3 is 0 Å². The van der Waals surface area contributed by atoms with Crippen molar-refractivity contribution in [2.75, 3.05) is 0 Å². The van der Waals surface area contributed by atoms with Crippen LogP contribution in [-0.2, 0) is 7.05 Å². The molecular weight excluding hydrogens is 306 g/mol. The number of aromatic nitrogens is 1. The molecule has 0 unspecified atom stereocenters. The smallest absolute Gasteiger partial charge is 0.201 e. The molecule has 3 aromatic rings. The molecule has 0 N–H and O–H groups in total. The number of hydrogen-bond acceptors (Lipinski definition) is 0. The van der Waals surface area contributed by atoms with Gasteiger partial charge in [-0.3, -0.25) is 0 Å². The minimum absolute atomic E-state index is 0.360. The average molecular weight is 335 g/mol. The van der Waals surface area contributed by atoms with Gasteiger partial charge in [-0.2, -0.15) is 0 Å². The molecule has 2 aromatic carbocycles. The summed E-state index contributed by atoms with van der Waals surface area (Å²) >= 11 is 0. The number of rotatable bonds is 3. The molecule has 0 spiro atoms. The molecule has 2 heteroatoms. The first kappa shape index (κ1) is 13.1. The van der Waals surface area contributed by atoms with Crippen LogP contribution in [0.15, 0.2) is 60.8 Å². The lowest BCUT2D eigenvalue weighted by Crippen LogP contribution is -2.32. The molecule has 0 fully saturated rings. The van der Waals surface area contributed by atoms with Crippen molar-refractivity contribution in [1.82, 2.24) is 0 Å². The Morgan fingerprint density at radius 2 is 1.71 bits per heavy atom. The fourth-order valence-electron chi connectivity index (χ4n) is 3.14. The van der Waals surface area contributed by atoms with Gasteiger partial charge in [-0.05, 0) is 42.6 Å². The second-order valence-corrected chi connectivity index (χ2v) is 9.03. The largest absolute Gasteiger partial charge is 0.212 e. The van der Waals surface area contributed by atoms with Crippen molar-refractivity contribution in [2.24, 2.45) is 7.05 Å². The fraction of sp³-hybridized carbons (Fsp3) is 0.227. The monoisotopic (exact) mass is 334 g/mol. The lowest BCUT2D eigenvalue weighted by atomic mass is 9.97. The molecule has 1 heterocycles. The van der Waals surface area contributed by atoms with E-state index < -0.39 is 15.6 Å². The number of nitrogens with zero attached hydrogens (tertiary/aromatic N) is 1. The minimum atomic E-state index is -2.09. The number of benzene rings is 2. The minimum Gasteiger partial charge on any atom is -0.201 e. The van der Waals surface area contributed by atoms with Crippen molar-refractivity contribution >= 4 is 14.0 Å². The van der Waals surface area contributed by atoms with E-state index in [0.29, 0.717) is 5.56 Å². The number of aryl methyl sites for hydroxylation is 3. The summed E-state index contributed by atoms with van der Waals surface area (Å²) in [7, 11) is 1.29. The van der Waals surface area contributed by atoms with Gasteiger partial charge in [-0.1, -0.05) is 54.7 Å². The highest BCUT2D eigenvalue weighted by molar-refractivity contribution is 6.72. The van der Waals surface area contributed by atoms with Crippen molar-refractivity contribution in [3.8, 4) is 22.4 Å². The molecule has 0 aliphatic carbocycles. The average Bonchev–Trinajstić information content (AvgIpc) is 2.61. The van der Waals surface area contributed by atoms with Crippen molar-refractivity contribution in [3.63, 3.8) is 0 Å². The maximum absolute atomic E-state index is 7.63. The molecule has 3 rings (SSSR count). The maximum atomic E-state index is 7.63. The van der Waals surface area contributed by atoms with Crippen molar-refractivity contribution in [1.29, 1.82) is 0 Å². The molecular formula is C22H25NSi+. The van der Waals surface area contributed by atoms with Gasteiger partial charge in [0.15, 0.2) is 6.20 Å². The Morgan fingerprint density at radius 1 is 0.958 bits per heavy atom. The van der Waals surface area contributed by atoms with Crippen LogP contribution < -0.4 is 9.75 Å². The molecule has 1 aromatic heterocycles. The van der Waals surface area contributed by atoms with Crippen molar-refractivity contribution in [3.05, 3.63) is 71.9 Å². The molecule has 0 amide bonds. The SMILES string of the molecule is [2H]C([2H])([2H])c1ccc(-c2cc(-c3ccccc3)c([Si](C)C)cc2C)[n+](C)c1. The first-order chi connectivity index (χ1) is 12.7. The van der Waals surface area contributed by atoms with E-state index in [4.69, 9.17) is 4.11 Å². The Labute approximate surface area is 151 Å². The van der Waals surface area contributed by atoms with Crippen LogP contribution in [-0.4, -0.2) is 8.80 Å². The zero-order valence-corrected chi connectivity index (χ0v) is 15.7. The summed E-state index contributed by atoms with van der Waals surface area (Å²) in [5.74, 6) is 0. The predicted molar refractivity (Wildman–Crippen MR) is 105 cm³/mol. The molecule has 0 aliphatic rings. The van der Waals surface area contributed by atoms with Gasteiger partial charge in [-0.25, -0.2) is 4.57 Å². The Hall–Kier alpha value is -2.19. The van der Waals surface area contributed by atoms with Crippen LogP contribution in [0.3, 0.4) is 0 Å². The van der Waals surface area contributed by atoms with E-state index in [1.165, 1.54) is 21.9 Å². The van der Waals surface area contributed by atoms with Crippen LogP contribution in [0.2, 0.25) is 13.1 Å². The van der Waals surface area contributed by atoms with Crippen LogP contribution in [0.1, 0.15) is 15.2 Å². The Morgan fingerprint density at radius 3 is 2.33 bits per heavy atom. The van der Waals surface area contributed by atoms with E-state index in [2.05, 4.69) is 56.4 Å². The van der Waals surface area contributed by atoms with Crippen LogP contribution in [0, 0.1) is 13.8 Å². The molecule has 0 bridgehead atoms. The highest BCUT2D eigenvalue weighted by Gasteiger charge is 2.18. The van der Waals surface area contributed by atoms with Gasteiger partial charge in [0.05, 0.1) is 8.80 Å². The second-order valence-electron chi connectivity index (χ2n) is 6.49. The Bertz CT molecular complexity index is 963. The normalized spacial score (nSPS) is 13.5. The lowest BCUT2D eigenvalue weighted by Gasteiger charge is -2.16. The maximum Gasteiger partial charge on any atom is 0.212 e. The van der Waals surface area contributed by atoms with Crippen LogP contribution >= 0.6 is 0 Å². The van der Waals surface area contributed by atoms with E-state index in [0.717, 1.165) is 11.3 Å². The number of hydrogen-bond donors (Lipinski definition) is 0. The second kappa shape index (κ2) is 6.74. The molecule has 121 valence electrons. The van der Waals surface area contributed by atoms with Gasteiger partial charge in [0.2, 0.25) is 5.69 Å². The van der Waals surface area contributed by atoms with Gasteiger partial charge in [0.25, 0.3) is 0 Å². The van der Waals surface area contributed by atoms with Crippen LogP contribution in [0.5, 0.6) is 0 Å². The Kier molecular flexibility index (Phi) is 3.69. The highest BCUT2D eigenvalue weighted by Crippen LogP contribution is 2.27. The zero-order valence-electron chi connectivity index (χ0n) is 17.7.